The average molecular weight is 272 g/mol. The van der Waals surface area contributed by atoms with Crippen molar-refractivity contribution in [2.45, 2.75) is 19.5 Å². The van der Waals surface area contributed by atoms with Crippen LogP contribution in [-0.4, -0.2) is 26.7 Å². The monoisotopic (exact) mass is 272 g/mol. The second-order valence-electron chi connectivity index (χ2n) is 5.16. The lowest BCUT2D eigenvalue weighted by Gasteiger charge is -2.21. The van der Waals surface area contributed by atoms with Crippen LogP contribution in [0.2, 0.25) is 0 Å². The first kappa shape index (κ1) is 14.2. The van der Waals surface area contributed by atoms with E-state index >= 15 is 0 Å². The van der Waals surface area contributed by atoms with E-state index in [1.165, 1.54) is 13.0 Å². The van der Waals surface area contributed by atoms with Crippen molar-refractivity contribution in [3.63, 3.8) is 0 Å². The third-order valence-corrected chi connectivity index (χ3v) is 3.67. The normalized spacial score (nSPS) is 20.1. The Morgan fingerprint density at radius 3 is 2.74 bits per heavy atom. The minimum atomic E-state index is -4.27. The molecule has 1 N–H and O–H groups in total. The van der Waals surface area contributed by atoms with Gasteiger partial charge in [0.1, 0.15) is 0 Å². The summed E-state index contributed by atoms with van der Waals surface area (Å²) in [5, 5.41) is 3.12. The van der Waals surface area contributed by atoms with Crippen molar-refractivity contribution in [3.8, 4) is 0 Å². The first-order valence-electron chi connectivity index (χ1n) is 6.49. The summed E-state index contributed by atoms with van der Waals surface area (Å²) < 4.78 is 38.7. The Balaban J connectivity index is 2.18. The maximum Gasteiger partial charge on any atom is 0.416 e. The van der Waals surface area contributed by atoms with Crippen LogP contribution in [0.25, 0.3) is 0 Å². The third-order valence-electron chi connectivity index (χ3n) is 3.67. The van der Waals surface area contributed by atoms with E-state index in [-0.39, 0.29) is 5.56 Å². The molecule has 1 atom stereocenters. The Labute approximate surface area is 111 Å². The maximum absolute atomic E-state index is 12.9. The highest BCUT2D eigenvalue weighted by molar-refractivity contribution is 5.52. The predicted octanol–water partition coefficient (Wildman–Crippen LogP) is 3.06. The van der Waals surface area contributed by atoms with Crippen LogP contribution in [0, 0.1) is 12.8 Å². The SMILES string of the molecule is CNCC1CCN(c2ccc(C)c(C(F)(F)F)c2)C1. The summed E-state index contributed by atoms with van der Waals surface area (Å²) in [6.45, 7) is 4.06. The second-order valence-corrected chi connectivity index (χ2v) is 5.16. The number of nitrogens with zero attached hydrogens (tertiary/aromatic N) is 1. The lowest BCUT2D eigenvalue weighted by atomic mass is 10.1. The molecule has 0 radical (unpaired) electrons. The molecule has 106 valence electrons. The zero-order valence-electron chi connectivity index (χ0n) is 11.2. The van der Waals surface area contributed by atoms with Crippen molar-refractivity contribution < 1.29 is 13.2 Å². The van der Waals surface area contributed by atoms with E-state index in [1.54, 1.807) is 12.1 Å². The molecule has 0 spiro atoms. The van der Waals surface area contributed by atoms with Crippen molar-refractivity contribution in [3.05, 3.63) is 29.3 Å². The van der Waals surface area contributed by atoms with Crippen LogP contribution in [-0.2, 0) is 6.18 Å². The van der Waals surface area contributed by atoms with Crippen LogP contribution in [0.4, 0.5) is 18.9 Å². The van der Waals surface area contributed by atoms with E-state index in [1.807, 2.05) is 11.9 Å². The fourth-order valence-corrected chi connectivity index (χ4v) is 2.63. The molecule has 2 nitrogen and oxygen atoms in total. The van der Waals surface area contributed by atoms with Crippen LogP contribution < -0.4 is 10.2 Å². The molecule has 1 aliphatic rings. The molecule has 0 aromatic heterocycles. The highest BCUT2D eigenvalue weighted by Gasteiger charge is 2.33. The van der Waals surface area contributed by atoms with Gasteiger partial charge in [0.2, 0.25) is 0 Å². The third kappa shape index (κ3) is 3.21. The van der Waals surface area contributed by atoms with Crippen LogP contribution in [0.15, 0.2) is 18.2 Å². The van der Waals surface area contributed by atoms with Crippen molar-refractivity contribution in [1.82, 2.24) is 5.32 Å². The standard InChI is InChI=1S/C14H19F3N2/c1-10-3-4-12(7-13(10)14(15,16)17)19-6-5-11(9-19)8-18-2/h3-4,7,11,18H,5-6,8-9H2,1-2H3. The van der Waals surface area contributed by atoms with E-state index in [0.717, 1.165) is 26.1 Å². The Bertz CT molecular complexity index is 443. The van der Waals surface area contributed by atoms with Crippen LogP contribution in [0.3, 0.4) is 0 Å². The number of halogens is 3. The molecule has 1 saturated heterocycles. The van der Waals surface area contributed by atoms with Crippen molar-refractivity contribution in [2.24, 2.45) is 5.92 Å². The molecule has 1 aromatic carbocycles. The zero-order chi connectivity index (χ0) is 14.0. The number of aryl methyl sites for hydroxylation is 1. The summed E-state index contributed by atoms with van der Waals surface area (Å²) >= 11 is 0. The molecule has 5 heteroatoms. The van der Waals surface area contributed by atoms with Crippen molar-refractivity contribution in [1.29, 1.82) is 0 Å². The minimum absolute atomic E-state index is 0.280. The van der Waals surface area contributed by atoms with E-state index in [4.69, 9.17) is 0 Å². The molecule has 1 aliphatic heterocycles. The van der Waals surface area contributed by atoms with Crippen molar-refractivity contribution >= 4 is 5.69 Å². The zero-order valence-corrected chi connectivity index (χ0v) is 11.2. The smallest absolute Gasteiger partial charge is 0.371 e. The Kier molecular flexibility index (Phi) is 4.04. The predicted molar refractivity (Wildman–Crippen MR) is 70.4 cm³/mol. The van der Waals surface area contributed by atoms with Gasteiger partial charge in [0.25, 0.3) is 0 Å². The minimum Gasteiger partial charge on any atom is -0.371 e. The average Bonchev–Trinajstić information content (AvgIpc) is 2.77. The highest BCUT2D eigenvalue weighted by atomic mass is 19.4. The number of hydrogen-bond donors (Lipinski definition) is 1. The number of benzene rings is 1. The fourth-order valence-electron chi connectivity index (χ4n) is 2.63. The molecule has 0 saturated carbocycles. The van der Waals surface area contributed by atoms with Crippen LogP contribution >= 0.6 is 0 Å². The van der Waals surface area contributed by atoms with E-state index in [9.17, 15) is 13.2 Å². The highest BCUT2D eigenvalue weighted by Crippen LogP contribution is 2.35. The van der Waals surface area contributed by atoms with Gasteiger partial charge < -0.3 is 10.2 Å². The molecule has 19 heavy (non-hydrogen) atoms. The summed E-state index contributed by atoms with van der Waals surface area (Å²) in [4.78, 5) is 2.04. The van der Waals surface area contributed by atoms with Gasteiger partial charge in [0, 0.05) is 18.8 Å². The largest absolute Gasteiger partial charge is 0.416 e. The Morgan fingerprint density at radius 2 is 2.11 bits per heavy atom. The number of anilines is 1. The topological polar surface area (TPSA) is 15.3 Å². The Hall–Kier alpha value is -1.23. The molecule has 1 unspecified atom stereocenters. The van der Waals surface area contributed by atoms with Gasteiger partial charge in [-0.05, 0) is 50.6 Å². The van der Waals surface area contributed by atoms with Crippen LogP contribution in [0.1, 0.15) is 17.5 Å². The number of alkyl halides is 3. The first-order chi connectivity index (χ1) is 8.91. The molecule has 2 rings (SSSR count). The number of hydrogen-bond acceptors (Lipinski definition) is 2. The first-order valence-corrected chi connectivity index (χ1v) is 6.49. The maximum atomic E-state index is 12.9. The molecular weight excluding hydrogens is 253 g/mol. The van der Waals surface area contributed by atoms with Gasteiger partial charge in [-0.15, -0.1) is 0 Å². The molecule has 0 bridgehead atoms. The molecule has 1 aromatic rings. The van der Waals surface area contributed by atoms with Gasteiger partial charge in [-0.25, -0.2) is 0 Å². The summed E-state index contributed by atoms with van der Waals surface area (Å²) in [5.41, 5.74) is 0.431. The van der Waals surface area contributed by atoms with Crippen LogP contribution in [0.5, 0.6) is 0 Å². The van der Waals surface area contributed by atoms with Gasteiger partial charge in [0.05, 0.1) is 5.56 Å². The van der Waals surface area contributed by atoms with Gasteiger partial charge in [-0.1, -0.05) is 6.07 Å². The summed E-state index contributed by atoms with van der Waals surface area (Å²) in [6, 6.07) is 4.62. The Morgan fingerprint density at radius 1 is 1.37 bits per heavy atom. The number of rotatable bonds is 3. The van der Waals surface area contributed by atoms with E-state index in [0.29, 0.717) is 11.6 Å². The quantitative estimate of drug-likeness (QED) is 0.909. The summed E-state index contributed by atoms with van der Waals surface area (Å²) in [5.74, 6) is 0.514. The lowest BCUT2D eigenvalue weighted by Crippen LogP contribution is -2.24. The lowest BCUT2D eigenvalue weighted by molar-refractivity contribution is -0.138. The van der Waals surface area contributed by atoms with Gasteiger partial charge in [-0.2, -0.15) is 13.2 Å². The van der Waals surface area contributed by atoms with E-state index in [2.05, 4.69) is 5.32 Å². The molecule has 0 aliphatic carbocycles. The summed E-state index contributed by atoms with van der Waals surface area (Å²) in [6.07, 6.45) is -3.25. The van der Waals surface area contributed by atoms with Gasteiger partial charge in [0.15, 0.2) is 0 Å². The fraction of sp³-hybridized carbons (Fsp3) is 0.571. The molecule has 1 fully saturated rings. The number of nitrogens with one attached hydrogen (secondary N) is 1. The molecular formula is C14H19F3N2. The van der Waals surface area contributed by atoms with Gasteiger partial charge >= 0.3 is 6.18 Å². The van der Waals surface area contributed by atoms with Crippen molar-refractivity contribution in [2.75, 3.05) is 31.6 Å². The van der Waals surface area contributed by atoms with Gasteiger partial charge in [-0.3, -0.25) is 0 Å². The van der Waals surface area contributed by atoms with E-state index < -0.39 is 11.7 Å². The summed E-state index contributed by atoms with van der Waals surface area (Å²) in [7, 11) is 1.90. The molecule has 1 heterocycles. The molecule has 0 amide bonds. The second kappa shape index (κ2) is 5.41.